The molecular weight excluding hydrogens is 248 g/mol. The Morgan fingerprint density at radius 1 is 0.900 bits per heavy atom. The van der Waals surface area contributed by atoms with Crippen LogP contribution in [0.25, 0.3) is 0 Å². The van der Waals surface area contributed by atoms with Gasteiger partial charge in [-0.2, -0.15) is 0 Å². The molecule has 0 bridgehead atoms. The first-order valence-electron chi connectivity index (χ1n) is 8.51. The maximum Gasteiger partial charge on any atom is 0.143 e. The second-order valence-corrected chi connectivity index (χ2v) is 6.90. The van der Waals surface area contributed by atoms with E-state index >= 15 is 0 Å². The normalized spacial score (nSPS) is 35.2. The highest BCUT2D eigenvalue weighted by molar-refractivity contribution is 5.88. The van der Waals surface area contributed by atoms with Crippen LogP contribution in [0.2, 0.25) is 0 Å². The number of hydrogen-bond donors (Lipinski definition) is 0. The molecule has 0 aromatic rings. The highest BCUT2D eigenvalue weighted by atomic mass is 16.1. The number of allylic oxidation sites excluding steroid dienone is 2. The first-order valence-corrected chi connectivity index (χ1v) is 8.51. The Balaban J connectivity index is 1.65. The number of carbonyl (C=O) groups is 2. The van der Waals surface area contributed by atoms with Crippen molar-refractivity contribution in [2.75, 3.05) is 0 Å². The molecule has 0 amide bonds. The SMILES string of the molecule is O=C1CCC[C@H]1C[C@H]1CCC[C@@H](C2=CCCCC2)C1=O. The average molecular weight is 274 g/mol. The molecule has 3 aliphatic carbocycles. The zero-order valence-electron chi connectivity index (χ0n) is 12.4. The van der Waals surface area contributed by atoms with Crippen molar-refractivity contribution in [3.63, 3.8) is 0 Å². The fraction of sp³-hybridized carbons (Fsp3) is 0.778. The lowest BCUT2D eigenvalue weighted by molar-refractivity contribution is -0.129. The zero-order valence-corrected chi connectivity index (χ0v) is 12.4. The minimum atomic E-state index is 0.170. The summed E-state index contributed by atoms with van der Waals surface area (Å²) >= 11 is 0. The molecule has 0 aliphatic heterocycles. The van der Waals surface area contributed by atoms with Gasteiger partial charge in [0, 0.05) is 24.2 Å². The van der Waals surface area contributed by atoms with E-state index in [4.69, 9.17) is 0 Å². The van der Waals surface area contributed by atoms with Crippen LogP contribution < -0.4 is 0 Å². The van der Waals surface area contributed by atoms with Crippen molar-refractivity contribution in [1.29, 1.82) is 0 Å². The van der Waals surface area contributed by atoms with E-state index in [0.29, 0.717) is 11.6 Å². The van der Waals surface area contributed by atoms with E-state index in [1.807, 2.05) is 0 Å². The Morgan fingerprint density at radius 3 is 2.45 bits per heavy atom. The summed E-state index contributed by atoms with van der Waals surface area (Å²) in [7, 11) is 0. The lowest BCUT2D eigenvalue weighted by Crippen LogP contribution is -2.32. The Bertz CT molecular complexity index is 421. The van der Waals surface area contributed by atoms with Crippen molar-refractivity contribution in [3.05, 3.63) is 11.6 Å². The van der Waals surface area contributed by atoms with E-state index < -0.39 is 0 Å². The van der Waals surface area contributed by atoms with Gasteiger partial charge in [-0.25, -0.2) is 0 Å². The van der Waals surface area contributed by atoms with Crippen LogP contribution >= 0.6 is 0 Å². The third kappa shape index (κ3) is 2.89. The Labute approximate surface area is 122 Å². The maximum atomic E-state index is 12.8. The monoisotopic (exact) mass is 274 g/mol. The Morgan fingerprint density at radius 2 is 1.75 bits per heavy atom. The summed E-state index contributed by atoms with van der Waals surface area (Å²) < 4.78 is 0. The lowest BCUT2D eigenvalue weighted by atomic mass is 9.71. The second-order valence-electron chi connectivity index (χ2n) is 6.90. The van der Waals surface area contributed by atoms with Gasteiger partial charge in [0.2, 0.25) is 0 Å². The van der Waals surface area contributed by atoms with Crippen molar-refractivity contribution in [1.82, 2.24) is 0 Å². The van der Waals surface area contributed by atoms with Gasteiger partial charge in [0.1, 0.15) is 11.6 Å². The summed E-state index contributed by atoms with van der Waals surface area (Å²) in [6.45, 7) is 0. The summed E-state index contributed by atoms with van der Waals surface area (Å²) in [6.07, 6.45) is 14.1. The van der Waals surface area contributed by atoms with Crippen LogP contribution in [0, 0.1) is 17.8 Å². The van der Waals surface area contributed by atoms with Crippen molar-refractivity contribution in [2.45, 2.75) is 70.6 Å². The van der Waals surface area contributed by atoms with E-state index in [1.165, 1.54) is 24.8 Å². The maximum absolute atomic E-state index is 12.8. The molecule has 0 aromatic carbocycles. The fourth-order valence-corrected chi connectivity index (χ4v) is 4.40. The molecule has 0 saturated heterocycles. The van der Waals surface area contributed by atoms with Crippen molar-refractivity contribution in [3.8, 4) is 0 Å². The molecule has 0 unspecified atom stereocenters. The molecule has 0 N–H and O–H groups in total. The van der Waals surface area contributed by atoms with E-state index in [1.54, 1.807) is 0 Å². The second kappa shape index (κ2) is 6.24. The van der Waals surface area contributed by atoms with Crippen LogP contribution in [-0.4, -0.2) is 11.6 Å². The molecule has 0 radical (unpaired) electrons. The van der Waals surface area contributed by atoms with Gasteiger partial charge in [-0.15, -0.1) is 0 Å². The number of carbonyl (C=O) groups excluding carboxylic acids is 2. The molecule has 3 aliphatic rings. The van der Waals surface area contributed by atoms with Gasteiger partial charge in [-0.05, 0) is 57.8 Å². The first kappa shape index (κ1) is 14.0. The Kier molecular flexibility index (Phi) is 4.38. The minimum absolute atomic E-state index is 0.170. The van der Waals surface area contributed by atoms with Crippen LogP contribution in [0.1, 0.15) is 70.6 Å². The van der Waals surface area contributed by atoms with E-state index in [0.717, 1.165) is 51.4 Å². The smallest absolute Gasteiger partial charge is 0.143 e. The van der Waals surface area contributed by atoms with E-state index in [9.17, 15) is 9.59 Å². The van der Waals surface area contributed by atoms with Crippen LogP contribution in [0.3, 0.4) is 0 Å². The van der Waals surface area contributed by atoms with Crippen LogP contribution in [0.15, 0.2) is 11.6 Å². The largest absolute Gasteiger partial charge is 0.299 e. The molecular formula is C18H26O2. The molecule has 2 heteroatoms. The van der Waals surface area contributed by atoms with Gasteiger partial charge in [-0.3, -0.25) is 9.59 Å². The molecule has 110 valence electrons. The fourth-order valence-electron chi connectivity index (χ4n) is 4.40. The minimum Gasteiger partial charge on any atom is -0.299 e. The summed E-state index contributed by atoms with van der Waals surface area (Å²) in [6, 6.07) is 0. The number of Topliss-reactive ketones (excluding diaryl/α,β-unsaturated/α-hetero) is 2. The molecule has 0 aromatic heterocycles. The third-order valence-corrected chi connectivity index (χ3v) is 5.57. The van der Waals surface area contributed by atoms with E-state index in [-0.39, 0.29) is 17.8 Å². The number of ketones is 2. The molecule has 0 spiro atoms. The highest BCUT2D eigenvalue weighted by Gasteiger charge is 2.36. The quantitative estimate of drug-likeness (QED) is 0.722. The topological polar surface area (TPSA) is 34.1 Å². The van der Waals surface area contributed by atoms with Gasteiger partial charge >= 0.3 is 0 Å². The summed E-state index contributed by atoms with van der Waals surface area (Å²) in [5, 5.41) is 0. The molecule has 3 atom stereocenters. The van der Waals surface area contributed by atoms with Crippen LogP contribution in [-0.2, 0) is 9.59 Å². The first-order chi connectivity index (χ1) is 9.75. The Hall–Kier alpha value is -0.920. The number of rotatable bonds is 3. The average Bonchev–Trinajstić information content (AvgIpc) is 2.88. The van der Waals surface area contributed by atoms with E-state index in [2.05, 4.69) is 6.08 Å². The van der Waals surface area contributed by atoms with Gasteiger partial charge in [0.25, 0.3) is 0 Å². The van der Waals surface area contributed by atoms with Crippen LogP contribution in [0.4, 0.5) is 0 Å². The predicted molar refractivity (Wildman–Crippen MR) is 79.4 cm³/mol. The standard InChI is InChI=1S/C18H26O2/c19-17-11-5-8-14(17)12-15-9-4-10-16(18(15)20)13-6-2-1-3-7-13/h6,14-16H,1-5,7-12H2/t14-,15+,16-/m0/s1. The van der Waals surface area contributed by atoms with Gasteiger partial charge in [0.05, 0.1) is 0 Å². The number of hydrogen-bond acceptors (Lipinski definition) is 2. The molecule has 3 rings (SSSR count). The summed E-state index contributed by atoms with van der Waals surface area (Å²) in [5.74, 6) is 1.44. The van der Waals surface area contributed by atoms with Gasteiger partial charge in [0.15, 0.2) is 0 Å². The molecule has 2 saturated carbocycles. The lowest BCUT2D eigenvalue weighted by Gasteiger charge is -2.31. The highest BCUT2D eigenvalue weighted by Crippen LogP contribution is 2.39. The summed E-state index contributed by atoms with van der Waals surface area (Å²) in [5.41, 5.74) is 1.42. The molecule has 0 heterocycles. The molecule has 2 fully saturated rings. The van der Waals surface area contributed by atoms with Gasteiger partial charge in [-0.1, -0.05) is 18.1 Å². The van der Waals surface area contributed by atoms with Crippen molar-refractivity contribution < 1.29 is 9.59 Å². The van der Waals surface area contributed by atoms with Crippen molar-refractivity contribution in [2.24, 2.45) is 17.8 Å². The molecule has 20 heavy (non-hydrogen) atoms. The predicted octanol–water partition coefficient (Wildman–Crippen LogP) is 4.23. The zero-order chi connectivity index (χ0) is 13.9. The third-order valence-electron chi connectivity index (χ3n) is 5.57. The summed E-state index contributed by atoms with van der Waals surface area (Å²) in [4.78, 5) is 24.6. The molecule has 2 nitrogen and oxygen atoms in total. The van der Waals surface area contributed by atoms with Crippen molar-refractivity contribution >= 4 is 11.6 Å². The van der Waals surface area contributed by atoms with Crippen LogP contribution in [0.5, 0.6) is 0 Å². The van der Waals surface area contributed by atoms with Gasteiger partial charge < -0.3 is 0 Å².